The lowest BCUT2D eigenvalue weighted by atomic mass is 10.1. The third-order valence-electron chi connectivity index (χ3n) is 4.27. The van der Waals surface area contributed by atoms with E-state index in [-0.39, 0.29) is 24.5 Å². The Balaban J connectivity index is 1.87. The monoisotopic (exact) mass is 351 g/mol. The first-order valence-corrected chi connectivity index (χ1v) is 9.21. The largest absolute Gasteiger partial charge is 0.376 e. The van der Waals surface area contributed by atoms with E-state index in [4.69, 9.17) is 9.26 Å². The van der Waals surface area contributed by atoms with E-state index in [1.54, 1.807) is 17.9 Å². The molecule has 1 aromatic heterocycles. The highest BCUT2D eigenvalue weighted by Crippen LogP contribution is 2.15. The average molecular weight is 351 g/mol. The van der Waals surface area contributed by atoms with Gasteiger partial charge in [-0.3, -0.25) is 9.59 Å². The average Bonchev–Trinajstić information content (AvgIpc) is 3.22. The Labute approximate surface area is 149 Å². The van der Waals surface area contributed by atoms with Crippen LogP contribution in [0, 0.1) is 6.92 Å². The molecule has 25 heavy (non-hydrogen) atoms. The van der Waals surface area contributed by atoms with Gasteiger partial charge in [0, 0.05) is 25.6 Å². The highest BCUT2D eigenvalue weighted by Gasteiger charge is 2.24. The number of hydrogen-bond donors (Lipinski definition) is 1. The lowest BCUT2D eigenvalue weighted by Crippen LogP contribution is -2.42. The molecule has 1 unspecified atom stereocenters. The van der Waals surface area contributed by atoms with Gasteiger partial charge in [-0.25, -0.2) is 0 Å². The Morgan fingerprint density at radius 1 is 1.36 bits per heavy atom. The third kappa shape index (κ3) is 6.86. The molecule has 1 aromatic rings. The number of anilines is 1. The number of nitrogens with one attached hydrogen (secondary N) is 1. The van der Waals surface area contributed by atoms with Crippen LogP contribution in [-0.2, 0) is 14.3 Å². The summed E-state index contributed by atoms with van der Waals surface area (Å²) in [7, 11) is 0. The summed E-state index contributed by atoms with van der Waals surface area (Å²) in [6.45, 7) is 5.11. The van der Waals surface area contributed by atoms with Gasteiger partial charge in [-0.1, -0.05) is 31.3 Å². The molecule has 0 spiro atoms. The van der Waals surface area contributed by atoms with Crippen molar-refractivity contribution >= 4 is 17.6 Å². The number of rotatable bonds is 10. The van der Waals surface area contributed by atoms with Crippen molar-refractivity contribution in [3.63, 3.8) is 0 Å². The van der Waals surface area contributed by atoms with Gasteiger partial charge in [0.2, 0.25) is 11.8 Å². The molecule has 2 rings (SSSR count). The second kappa shape index (κ2) is 10.2. The molecule has 0 radical (unpaired) electrons. The normalized spacial score (nSPS) is 16.8. The molecule has 140 valence electrons. The molecule has 1 aliphatic heterocycles. The first kappa shape index (κ1) is 19.4. The predicted octanol–water partition coefficient (Wildman–Crippen LogP) is 2.90. The number of carbonyl (C=O) groups is 2. The number of carbonyl (C=O) groups excluding carboxylic acids is 2. The van der Waals surface area contributed by atoms with Crippen LogP contribution in [-0.4, -0.2) is 47.7 Å². The summed E-state index contributed by atoms with van der Waals surface area (Å²) < 4.78 is 10.6. The Kier molecular flexibility index (Phi) is 7.91. The molecular formula is C18H29N3O4. The molecule has 2 amide bonds. The van der Waals surface area contributed by atoms with Gasteiger partial charge >= 0.3 is 0 Å². The van der Waals surface area contributed by atoms with Gasteiger partial charge in [-0.2, -0.15) is 0 Å². The van der Waals surface area contributed by atoms with Crippen molar-refractivity contribution in [2.45, 2.75) is 64.9 Å². The minimum Gasteiger partial charge on any atom is -0.376 e. The van der Waals surface area contributed by atoms with Crippen LogP contribution in [0.3, 0.4) is 0 Å². The molecule has 1 N–H and O–H groups in total. The number of unbranched alkanes of at least 4 members (excludes halogenated alkanes) is 3. The van der Waals surface area contributed by atoms with Crippen LogP contribution in [0.5, 0.6) is 0 Å². The highest BCUT2D eigenvalue weighted by atomic mass is 16.5. The first-order valence-electron chi connectivity index (χ1n) is 9.21. The maximum atomic E-state index is 12.5. The topological polar surface area (TPSA) is 84.7 Å². The molecule has 0 aliphatic carbocycles. The molecule has 1 aliphatic rings. The number of nitrogens with zero attached hydrogens (tertiary/aromatic N) is 2. The van der Waals surface area contributed by atoms with E-state index < -0.39 is 0 Å². The van der Waals surface area contributed by atoms with Gasteiger partial charge in [0.15, 0.2) is 5.82 Å². The molecule has 2 heterocycles. The van der Waals surface area contributed by atoms with Crippen LogP contribution >= 0.6 is 0 Å². The summed E-state index contributed by atoms with van der Waals surface area (Å²) in [5.74, 6) is 0.736. The van der Waals surface area contributed by atoms with E-state index in [9.17, 15) is 9.59 Å². The Morgan fingerprint density at radius 3 is 2.84 bits per heavy atom. The van der Waals surface area contributed by atoms with Gasteiger partial charge in [0.05, 0.1) is 12.6 Å². The smallest absolute Gasteiger partial charge is 0.245 e. The summed E-state index contributed by atoms with van der Waals surface area (Å²) in [5, 5.41) is 6.42. The maximum absolute atomic E-state index is 12.5. The highest BCUT2D eigenvalue weighted by molar-refractivity contribution is 5.93. The van der Waals surface area contributed by atoms with Crippen molar-refractivity contribution in [2.75, 3.05) is 25.0 Å². The molecule has 1 saturated heterocycles. The van der Waals surface area contributed by atoms with Crippen molar-refractivity contribution in [1.82, 2.24) is 10.1 Å². The molecule has 7 nitrogen and oxygen atoms in total. The maximum Gasteiger partial charge on any atom is 0.245 e. The number of aryl methyl sites for hydroxylation is 1. The van der Waals surface area contributed by atoms with Gasteiger partial charge in [0.25, 0.3) is 0 Å². The van der Waals surface area contributed by atoms with Crippen LogP contribution in [0.1, 0.15) is 57.6 Å². The molecule has 0 aromatic carbocycles. The van der Waals surface area contributed by atoms with Crippen LogP contribution < -0.4 is 5.32 Å². The Bertz CT molecular complexity index is 552. The summed E-state index contributed by atoms with van der Waals surface area (Å²) in [6, 6.07) is 1.65. The zero-order valence-corrected chi connectivity index (χ0v) is 15.3. The zero-order chi connectivity index (χ0) is 18.1. The van der Waals surface area contributed by atoms with Crippen molar-refractivity contribution in [2.24, 2.45) is 0 Å². The standard InChI is InChI=1S/C18H29N3O4/c1-3-4-5-6-9-18(23)21(12-15-8-7-10-24-15)13-17(22)19-16-11-14(2)25-20-16/h11,15H,3-10,12-13H2,1-2H3,(H,19,20,22). The SMILES string of the molecule is CCCCCCC(=O)N(CC(=O)Nc1cc(C)on1)CC1CCCO1. The minimum absolute atomic E-state index is 0.0121. The van der Waals surface area contributed by atoms with E-state index >= 15 is 0 Å². The van der Waals surface area contributed by atoms with E-state index in [0.29, 0.717) is 24.5 Å². The van der Waals surface area contributed by atoms with Gasteiger partial charge in [-0.05, 0) is 26.2 Å². The number of aromatic nitrogens is 1. The fourth-order valence-electron chi connectivity index (χ4n) is 2.93. The number of hydrogen-bond acceptors (Lipinski definition) is 5. The fraction of sp³-hybridized carbons (Fsp3) is 0.722. The van der Waals surface area contributed by atoms with Gasteiger partial charge < -0.3 is 19.5 Å². The number of ether oxygens (including phenoxy) is 1. The van der Waals surface area contributed by atoms with Crippen LogP contribution in [0.2, 0.25) is 0 Å². The zero-order valence-electron chi connectivity index (χ0n) is 15.3. The first-order chi connectivity index (χ1) is 12.1. The second-order valence-corrected chi connectivity index (χ2v) is 6.59. The lowest BCUT2D eigenvalue weighted by molar-refractivity contribution is -0.136. The molecule has 0 bridgehead atoms. The molecular weight excluding hydrogens is 322 g/mol. The summed E-state index contributed by atoms with van der Waals surface area (Å²) in [5.41, 5.74) is 0. The van der Waals surface area contributed by atoms with Crippen LogP contribution in [0.4, 0.5) is 5.82 Å². The molecule has 1 atom stereocenters. The van der Waals surface area contributed by atoms with Crippen molar-refractivity contribution < 1.29 is 18.8 Å². The van der Waals surface area contributed by atoms with Gasteiger partial charge in [-0.15, -0.1) is 0 Å². The lowest BCUT2D eigenvalue weighted by Gasteiger charge is -2.25. The summed E-state index contributed by atoms with van der Waals surface area (Å²) in [4.78, 5) is 26.4. The molecule has 7 heteroatoms. The van der Waals surface area contributed by atoms with E-state index in [2.05, 4.69) is 17.4 Å². The second-order valence-electron chi connectivity index (χ2n) is 6.59. The van der Waals surface area contributed by atoms with E-state index in [0.717, 1.165) is 45.1 Å². The van der Waals surface area contributed by atoms with E-state index in [1.165, 1.54) is 0 Å². The minimum atomic E-state index is -0.270. The Hall–Kier alpha value is -1.89. The summed E-state index contributed by atoms with van der Waals surface area (Å²) >= 11 is 0. The molecule has 0 saturated carbocycles. The third-order valence-corrected chi connectivity index (χ3v) is 4.27. The van der Waals surface area contributed by atoms with Crippen LogP contribution in [0.25, 0.3) is 0 Å². The quantitative estimate of drug-likeness (QED) is 0.655. The van der Waals surface area contributed by atoms with E-state index in [1.807, 2.05) is 0 Å². The van der Waals surface area contributed by atoms with Crippen molar-refractivity contribution in [3.8, 4) is 0 Å². The fourth-order valence-corrected chi connectivity index (χ4v) is 2.93. The van der Waals surface area contributed by atoms with Crippen LogP contribution in [0.15, 0.2) is 10.6 Å². The number of amides is 2. The Morgan fingerprint density at radius 2 is 2.20 bits per heavy atom. The molecule has 1 fully saturated rings. The summed E-state index contributed by atoms with van der Waals surface area (Å²) in [6.07, 6.45) is 6.61. The van der Waals surface area contributed by atoms with Crippen molar-refractivity contribution in [1.29, 1.82) is 0 Å². The predicted molar refractivity (Wildman–Crippen MR) is 94.2 cm³/mol. The van der Waals surface area contributed by atoms with Gasteiger partial charge in [0.1, 0.15) is 5.76 Å². The van der Waals surface area contributed by atoms with Crippen molar-refractivity contribution in [3.05, 3.63) is 11.8 Å².